The molecule has 0 aliphatic rings. The molecule has 8 nitrogen and oxygen atoms in total. The quantitative estimate of drug-likeness (QED) is 0.0345. The second kappa shape index (κ2) is 47.6. The Morgan fingerprint density at radius 1 is 0.418 bits per heavy atom. The molecule has 0 spiro atoms. The zero-order valence-electron chi connectivity index (χ0n) is 35.0. The van der Waals surface area contributed by atoms with Crippen molar-refractivity contribution in [2.75, 3.05) is 88.7 Å². The number of unbranched alkanes of at least 4 members (excludes halogenated alkanes) is 18. The van der Waals surface area contributed by atoms with E-state index in [0.29, 0.717) is 45.9 Å². The van der Waals surface area contributed by atoms with Gasteiger partial charge in [0.05, 0.1) is 26.1 Å². The molecule has 0 unspecified atom stereocenters. The summed E-state index contributed by atoms with van der Waals surface area (Å²) in [5.74, 6) is 3.48. The van der Waals surface area contributed by atoms with Gasteiger partial charge in [0.1, 0.15) is 13.2 Å². The van der Waals surface area contributed by atoms with Crippen LogP contribution in [0.4, 0.5) is 0 Å². The molecule has 328 valence electrons. The summed E-state index contributed by atoms with van der Waals surface area (Å²) in [6.45, 7) is 8.96. The van der Waals surface area contributed by atoms with Gasteiger partial charge in [-0.05, 0) is 52.0 Å². The Bertz CT molecular complexity index is 752. The van der Waals surface area contributed by atoms with E-state index < -0.39 is 0 Å². The zero-order valence-corrected chi connectivity index (χ0v) is 39.9. The van der Waals surface area contributed by atoms with Crippen molar-refractivity contribution in [2.24, 2.45) is 0 Å². The van der Waals surface area contributed by atoms with E-state index >= 15 is 0 Å². The van der Waals surface area contributed by atoms with E-state index in [1.165, 1.54) is 140 Å². The Morgan fingerprint density at radius 3 is 1.11 bits per heavy atom. The number of aliphatic hydroxyl groups is 2. The van der Waals surface area contributed by atoms with Crippen molar-refractivity contribution >= 4 is 74.8 Å². The molecule has 55 heavy (non-hydrogen) atoms. The van der Waals surface area contributed by atoms with Crippen molar-refractivity contribution in [1.29, 1.82) is 0 Å². The van der Waals surface area contributed by atoms with Crippen LogP contribution in [-0.2, 0) is 19.1 Å². The molecule has 0 heterocycles. The Kier molecular flexibility index (Phi) is 48.3. The van der Waals surface area contributed by atoms with E-state index in [0.717, 1.165) is 24.5 Å². The summed E-state index contributed by atoms with van der Waals surface area (Å²) in [6.07, 6.45) is 28.6. The molecule has 0 bridgehead atoms. The average Bonchev–Trinajstić information content (AvgIpc) is 3.18. The molecule has 0 fully saturated rings. The van der Waals surface area contributed by atoms with Crippen LogP contribution in [0.25, 0.3) is 0 Å². The van der Waals surface area contributed by atoms with Crippen LogP contribution in [0.2, 0.25) is 0 Å². The van der Waals surface area contributed by atoms with Crippen molar-refractivity contribution in [3.8, 4) is 0 Å². The van der Waals surface area contributed by atoms with Gasteiger partial charge in [-0.3, -0.25) is 14.5 Å². The summed E-state index contributed by atoms with van der Waals surface area (Å²) in [5, 5.41) is 18.7. The number of carbonyl (C=O) groups excluding carboxylic acids is 2. The molecule has 0 amide bonds. The van der Waals surface area contributed by atoms with Gasteiger partial charge in [0.15, 0.2) is 0 Å². The lowest BCUT2D eigenvalue weighted by molar-refractivity contribution is -0.143. The minimum absolute atomic E-state index is 0.0467. The van der Waals surface area contributed by atoms with Gasteiger partial charge in [-0.25, -0.2) is 0 Å². The van der Waals surface area contributed by atoms with E-state index in [1.807, 2.05) is 26.5 Å². The molecule has 0 saturated heterocycles. The average molecular weight is 892 g/mol. The summed E-state index contributed by atoms with van der Waals surface area (Å²) < 4.78 is 11.0. The Morgan fingerprint density at radius 2 is 0.745 bits per heavy atom. The number of hydrogen-bond acceptors (Lipinski definition) is 14. The van der Waals surface area contributed by atoms with Crippen LogP contribution in [0, 0.1) is 0 Å². The van der Waals surface area contributed by atoms with Crippen molar-refractivity contribution in [3.05, 3.63) is 0 Å². The largest absolute Gasteiger partial charge is 0.465 e. The van der Waals surface area contributed by atoms with Gasteiger partial charge in [-0.1, -0.05) is 173 Å². The monoisotopic (exact) mass is 890 g/mol. The Balaban J connectivity index is 4.09. The van der Waals surface area contributed by atoms with Crippen molar-refractivity contribution in [2.45, 2.75) is 162 Å². The summed E-state index contributed by atoms with van der Waals surface area (Å²) in [5.41, 5.74) is 0. The minimum Gasteiger partial charge on any atom is -0.465 e. The number of nitrogens with zero attached hydrogens (tertiary/aromatic N) is 2. The van der Waals surface area contributed by atoms with Crippen molar-refractivity contribution in [3.63, 3.8) is 0 Å². The highest BCUT2D eigenvalue weighted by Gasteiger charge is 2.14. The maximum Gasteiger partial charge on any atom is 0.307 e. The van der Waals surface area contributed by atoms with Crippen LogP contribution < -0.4 is 0 Å². The van der Waals surface area contributed by atoms with Crippen LogP contribution in [-0.4, -0.2) is 121 Å². The first-order valence-electron chi connectivity index (χ1n) is 21.9. The van der Waals surface area contributed by atoms with Crippen LogP contribution in [0.1, 0.15) is 162 Å². The normalized spacial score (nSPS) is 11.6. The first-order chi connectivity index (χ1) is 27.1. The van der Waals surface area contributed by atoms with Gasteiger partial charge >= 0.3 is 11.9 Å². The van der Waals surface area contributed by atoms with Crippen LogP contribution in [0.15, 0.2) is 0 Å². The topological polar surface area (TPSA) is 99.5 Å². The highest BCUT2D eigenvalue weighted by Crippen LogP contribution is 2.35. The van der Waals surface area contributed by atoms with Gasteiger partial charge in [0.2, 0.25) is 0 Å². The van der Waals surface area contributed by atoms with Crippen LogP contribution >= 0.6 is 62.8 Å². The molecule has 0 aromatic rings. The van der Waals surface area contributed by atoms with Crippen LogP contribution in [0.3, 0.4) is 0 Å². The van der Waals surface area contributed by atoms with Gasteiger partial charge in [0, 0.05) is 49.2 Å². The number of aliphatic hydroxyl groups excluding tert-OH is 2. The van der Waals surface area contributed by atoms with Gasteiger partial charge in [-0.2, -0.15) is 0 Å². The van der Waals surface area contributed by atoms with E-state index in [4.69, 9.17) is 9.47 Å². The molecule has 0 saturated carbocycles. The molecular formula is C41H82N2O6S6. The minimum atomic E-state index is -0.209. The predicted octanol–water partition coefficient (Wildman–Crippen LogP) is 11.7. The van der Waals surface area contributed by atoms with Gasteiger partial charge < -0.3 is 24.6 Å². The van der Waals surface area contributed by atoms with E-state index in [-0.39, 0.29) is 38.0 Å². The SMILES string of the molecule is CCCCCCCCCCCCSSSCCOC(=O)CCN(CCCN(CCO)CCO)CCC(=O)OCCSSSCCCCCCCCCCCC. The number of carbonyl (C=O) groups is 2. The summed E-state index contributed by atoms with van der Waals surface area (Å²) in [6, 6.07) is 0. The number of esters is 2. The Labute approximate surface area is 361 Å². The van der Waals surface area contributed by atoms with E-state index in [1.54, 1.807) is 41.2 Å². The molecule has 0 aliphatic heterocycles. The fraction of sp³-hybridized carbons (Fsp3) is 0.951. The number of hydrogen-bond donors (Lipinski definition) is 2. The lowest BCUT2D eigenvalue weighted by Crippen LogP contribution is -2.35. The van der Waals surface area contributed by atoms with E-state index in [9.17, 15) is 19.8 Å². The smallest absolute Gasteiger partial charge is 0.307 e. The molecule has 0 aromatic carbocycles. The van der Waals surface area contributed by atoms with Gasteiger partial charge in [-0.15, -0.1) is 0 Å². The molecule has 0 aliphatic carbocycles. The molecule has 0 aromatic heterocycles. The highest BCUT2D eigenvalue weighted by atomic mass is 33.5. The highest BCUT2D eigenvalue weighted by molar-refractivity contribution is 9.09. The van der Waals surface area contributed by atoms with Crippen molar-refractivity contribution < 1.29 is 29.3 Å². The van der Waals surface area contributed by atoms with Crippen molar-refractivity contribution in [1.82, 2.24) is 9.80 Å². The summed E-state index contributed by atoms with van der Waals surface area (Å²) >= 11 is 0. The summed E-state index contributed by atoms with van der Waals surface area (Å²) in [4.78, 5) is 29.2. The third-order valence-corrected chi connectivity index (χ3v) is 17.8. The van der Waals surface area contributed by atoms with E-state index in [2.05, 4.69) is 18.7 Å². The standard InChI is InChI=1S/C41H82N2O6S6/c1-3-5-7-9-11-13-15-17-19-21-36-50-54-52-38-34-48-40(46)24-28-42(26-23-27-43(30-32-44)31-33-45)29-25-41(47)49-35-39-53-55-51-37-22-20-18-16-14-12-10-8-6-4-2/h44-45H,3-39H2,1-2H3. The molecule has 0 radical (unpaired) electrons. The third kappa shape index (κ3) is 44.3. The number of rotatable bonds is 46. The Hall–Kier alpha value is 0.880. The maximum atomic E-state index is 12.5. The van der Waals surface area contributed by atoms with Gasteiger partial charge in [0.25, 0.3) is 0 Å². The molecular weight excluding hydrogens is 809 g/mol. The maximum absolute atomic E-state index is 12.5. The number of ether oxygens (including phenoxy) is 2. The molecule has 2 N–H and O–H groups in total. The molecule has 14 heteroatoms. The first kappa shape index (κ1) is 55.9. The second-order valence-corrected chi connectivity index (χ2v) is 23.2. The fourth-order valence-corrected chi connectivity index (χ4v) is 13.4. The predicted molar refractivity (Wildman–Crippen MR) is 252 cm³/mol. The fourth-order valence-electron chi connectivity index (χ4n) is 5.99. The first-order valence-corrected chi connectivity index (χ1v) is 29.5. The lowest BCUT2D eigenvalue weighted by Gasteiger charge is -2.24. The molecule has 0 atom stereocenters. The molecule has 0 rings (SSSR count). The van der Waals surface area contributed by atoms with Crippen LogP contribution in [0.5, 0.6) is 0 Å². The third-order valence-electron chi connectivity index (χ3n) is 9.26. The second-order valence-electron chi connectivity index (χ2n) is 14.2. The summed E-state index contributed by atoms with van der Waals surface area (Å²) in [7, 11) is 10.9. The zero-order chi connectivity index (χ0) is 40.1. The lowest BCUT2D eigenvalue weighted by atomic mass is 10.1.